The molecule has 136 valence electrons. The van der Waals surface area contributed by atoms with Crippen LogP contribution in [0.5, 0.6) is 5.75 Å². The molecule has 0 bridgehead atoms. The van der Waals surface area contributed by atoms with E-state index in [4.69, 9.17) is 4.74 Å². The number of amides is 4. The number of hydrogen-bond donors (Lipinski definition) is 2. The molecule has 1 saturated heterocycles. The standard InChI is InChI=1S/C18H20N4O4/c1-21-9-3-4-13(21)11-19-16(23)10-15-17(24)22(18(25)20-15)12-5-7-14(26-2)8-6-12/h3-9,15H,10-11H2,1-2H3,(H,19,23)(H,20,25). The summed E-state index contributed by atoms with van der Waals surface area (Å²) in [7, 11) is 3.42. The number of nitrogens with one attached hydrogen (secondary N) is 2. The maximum absolute atomic E-state index is 12.5. The largest absolute Gasteiger partial charge is 0.497 e. The average molecular weight is 356 g/mol. The third-order valence-corrected chi connectivity index (χ3v) is 4.26. The Morgan fingerprint density at radius 1 is 1.23 bits per heavy atom. The number of carbonyl (C=O) groups is 3. The number of urea groups is 1. The lowest BCUT2D eigenvalue weighted by Gasteiger charge is -2.13. The average Bonchev–Trinajstić information content (AvgIpc) is 3.16. The molecule has 26 heavy (non-hydrogen) atoms. The van der Waals surface area contributed by atoms with Crippen LogP contribution in [-0.2, 0) is 23.2 Å². The van der Waals surface area contributed by atoms with Gasteiger partial charge in [0.05, 0.1) is 25.8 Å². The number of aromatic nitrogens is 1. The Morgan fingerprint density at radius 2 is 1.96 bits per heavy atom. The van der Waals surface area contributed by atoms with E-state index in [2.05, 4.69) is 10.6 Å². The first-order chi connectivity index (χ1) is 12.5. The first kappa shape index (κ1) is 17.5. The van der Waals surface area contributed by atoms with E-state index in [0.29, 0.717) is 18.0 Å². The number of aryl methyl sites for hydroxylation is 1. The van der Waals surface area contributed by atoms with Gasteiger partial charge in [-0.2, -0.15) is 0 Å². The Hall–Kier alpha value is -3.29. The Morgan fingerprint density at radius 3 is 2.58 bits per heavy atom. The summed E-state index contributed by atoms with van der Waals surface area (Å²) in [5.74, 6) is -0.131. The van der Waals surface area contributed by atoms with Gasteiger partial charge in [-0.1, -0.05) is 0 Å². The number of anilines is 1. The normalized spacial score (nSPS) is 16.5. The minimum absolute atomic E-state index is 0.109. The van der Waals surface area contributed by atoms with Gasteiger partial charge in [0.2, 0.25) is 5.91 Å². The number of nitrogens with zero attached hydrogens (tertiary/aromatic N) is 2. The fourth-order valence-electron chi connectivity index (χ4n) is 2.77. The van der Waals surface area contributed by atoms with Crippen molar-refractivity contribution >= 4 is 23.5 Å². The molecule has 1 aromatic heterocycles. The van der Waals surface area contributed by atoms with Crippen molar-refractivity contribution in [1.82, 2.24) is 15.2 Å². The van der Waals surface area contributed by atoms with Crippen LogP contribution in [-0.4, -0.2) is 35.6 Å². The second kappa shape index (κ2) is 7.30. The van der Waals surface area contributed by atoms with Gasteiger partial charge in [0.25, 0.3) is 5.91 Å². The van der Waals surface area contributed by atoms with E-state index in [9.17, 15) is 14.4 Å². The molecule has 1 fully saturated rings. The molecule has 1 atom stereocenters. The highest BCUT2D eigenvalue weighted by molar-refractivity contribution is 6.22. The number of hydrogen-bond acceptors (Lipinski definition) is 4. The molecule has 3 rings (SSSR count). The minimum atomic E-state index is -0.877. The Kier molecular flexibility index (Phi) is 4.92. The lowest BCUT2D eigenvalue weighted by atomic mass is 10.2. The minimum Gasteiger partial charge on any atom is -0.497 e. The summed E-state index contributed by atoms with van der Waals surface area (Å²) in [6.07, 6.45) is 1.77. The van der Waals surface area contributed by atoms with Crippen LogP contribution < -0.4 is 20.3 Å². The predicted molar refractivity (Wildman–Crippen MR) is 94.7 cm³/mol. The van der Waals surface area contributed by atoms with Crippen molar-refractivity contribution in [3.63, 3.8) is 0 Å². The van der Waals surface area contributed by atoms with E-state index in [1.54, 1.807) is 24.3 Å². The summed E-state index contributed by atoms with van der Waals surface area (Å²) in [4.78, 5) is 37.8. The molecule has 1 aliphatic rings. The van der Waals surface area contributed by atoms with E-state index in [-0.39, 0.29) is 12.3 Å². The molecule has 2 N–H and O–H groups in total. The van der Waals surface area contributed by atoms with Gasteiger partial charge >= 0.3 is 6.03 Å². The molecule has 0 radical (unpaired) electrons. The molecule has 0 spiro atoms. The maximum atomic E-state index is 12.5. The van der Waals surface area contributed by atoms with Gasteiger partial charge < -0.3 is 19.9 Å². The van der Waals surface area contributed by atoms with E-state index < -0.39 is 18.0 Å². The van der Waals surface area contributed by atoms with E-state index in [0.717, 1.165) is 10.6 Å². The van der Waals surface area contributed by atoms with Gasteiger partial charge in [-0.15, -0.1) is 0 Å². The van der Waals surface area contributed by atoms with E-state index >= 15 is 0 Å². The smallest absolute Gasteiger partial charge is 0.329 e. The lowest BCUT2D eigenvalue weighted by Crippen LogP contribution is -2.36. The summed E-state index contributed by atoms with van der Waals surface area (Å²) >= 11 is 0. The summed E-state index contributed by atoms with van der Waals surface area (Å²) in [5.41, 5.74) is 1.38. The van der Waals surface area contributed by atoms with Crippen LogP contribution in [0.4, 0.5) is 10.5 Å². The highest BCUT2D eigenvalue weighted by Crippen LogP contribution is 2.23. The van der Waals surface area contributed by atoms with Gasteiger partial charge in [-0.25, -0.2) is 9.69 Å². The van der Waals surface area contributed by atoms with Crippen molar-refractivity contribution in [3.8, 4) is 5.75 Å². The van der Waals surface area contributed by atoms with Crippen LogP contribution >= 0.6 is 0 Å². The van der Waals surface area contributed by atoms with Crippen molar-refractivity contribution in [2.45, 2.75) is 19.0 Å². The fourth-order valence-corrected chi connectivity index (χ4v) is 2.77. The number of methoxy groups -OCH3 is 1. The molecular weight excluding hydrogens is 336 g/mol. The molecule has 8 heteroatoms. The molecule has 1 unspecified atom stereocenters. The summed E-state index contributed by atoms with van der Waals surface area (Å²) in [6, 6.07) is 8.93. The van der Waals surface area contributed by atoms with Gasteiger partial charge in [0, 0.05) is 18.9 Å². The molecule has 1 aromatic carbocycles. The summed E-state index contributed by atoms with van der Waals surface area (Å²) < 4.78 is 6.96. The zero-order valence-electron chi connectivity index (χ0n) is 14.6. The Balaban J connectivity index is 1.61. The van der Waals surface area contributed by atoms with E-state index in [1.165, 1.54) is 7.11 Å². The van der Waals surface area contributed by atoms with Gasteiger partial charge in [0.15, 0.2) is 0 Å². The van der Waals surface area contributed by atoms with Gasteiger partial charge in [0.1, 0.15) is 11.8 Å². The summed E-state index contributed by atoms with van der Waals surface area (Å²) in [5, 5.41) is 5.32. The van der Waals surface area contributed by atoms with Crippen molar-refractivity contribution in [2.24, 2.45) is 7.05 Å². The van der Waals surface area contributed by atoms with Crippen LogP contribution in [0.1, 0.15) is 12.1 Å². The number of ether oxygens (including phenoxy) is 1. The van der Waals surface area contributed by atoms with Crippen molar-refractivity contribution in [3.05, 3.63) is 48.3 Å². The molecule has 0 aliphatic carbocycles. The lowest BCUT2D eigenvalue weighted by molar-refractivity contribution is -0.125. The topological polar surface area (TPSA) is 92.7 Å². The van der Waals surface area contributed by atoms with Crippen molar-refractivity contribution in [2.75, 3.05) is 12.0 Å². The van der Waals surface area contributed by atoms with Crippen LogP contribution in [0.3, 0.4) is 0 Å². The summed E-state index contributed by atoms with van der Waals surface area (Å²) in [6.45, 7) is 0.361. The highest BCUT2D eigenvalue weighted by atomic mass is 16.5. The monoisotopic (exact) mass is 356 g/mol. The van der Waals surface area contributed by atoms with Gasteiger partial charge in [-0.05, 0) is 36.4 Å². The highest BCUT2D eigenvalue weighted by Gasteiger charge is 2.40. The molecular formula is C18H20N4O4. The predicted octanol–water partition coefficient (Wildman–Crippen LogP) is 1.16. The third kappa shape index (κ3) is 3.53. The number of imide groups is 1. The molecule has 8 nitrogen and oxygen atoms in total. The molecule has 4 amide bonds. The number of carbonyl (C=O) groups excluding carboxylic acids is 3. The van der Waals surface area contributed by atoms with Crippen molar-refractivity contribution in [1.29, 1.82) is 0 Å². The van der Waals surface area contributed by atoms with Crippen LogP contribution in [0, 0.1) is 0 Å². The molecule has 2 aromatic rings. The molecule has 2 heterocycles. The van der Waals surface area contributed by atoms with E-state index in [1.807, 2.05) is 29.9 Å². The van der Waals surface area contributed by atoms with Crippen LogP contribution in [0.2, 0.25) is 0 Å². The zero-order valence-corrected chi connectivity index (χ0v) is 14.6. The number of benzene rings is 1. The SMILES string of the molecule is COc1ccc(N2C(=O)NC(CC(=O)NCc3cccn3C)C2=O)cc1. The second-order valence-corrected chi connectivity index (χ2v) is 5.97. The first-order valence-corrected chi connectivity index (χ1v) is 8.15. The third-order valence-electron chi connectivity index (χ3n) is 4.26. The second-order valence-electron chi connectivity index (χ2n) is 5.97. The Labute approximate surface area is 150 Å². The van der Waals surface area contributed by atoms with Crippen LogP contribution in [0.25, 0.3) is 0 Å². The Bertz CT molecular complexity index is 828. The van der Waals surface area contributed by atoms with Crippen molar-refractivity contribution < 1.29 is 19.1 Å². The maximum Gasteiger partial charge on any atom is 0.329 e. The fraction of sp³-hybridized carbons (Fsp3) is 0.278. The quantitative estimate of drug-likeness (QED) is 0.760. The van der Waals surface area contributed by atoms with Gasteiger partial charge in [-0.3, -0.25) is 9.59 Å². The van der Waals surface area contributed by atoms with Crippen LogP contribution in [0.15, 0.2) is 42.6 Å². The molecule has 1 aliphatic heterocycles. The molecule has 0 saturated carbocycles. The first-order valence-electron chi connectivity index (χ1n) is 8.15. The number of rotatable bonds is 6. The zero-order chi connectivity index (χ0) is 18.7.